The maximum absolute atomic E-state index is 13.2. The molecule has 2 bridgehead atoms. The minimum atomic E-state index is -1.27. The smallest absolute Gasteiger partial charge is 0.410 e. The topological polar surface area (TPSA) is 115 Å². The predicted octanol–water partition coefficient (Wildman–Crippen LogP) is 7.36. The van der Waals surface area contributed by atoms with Crippen LogP contribution in [-0.4, -0.2) is 96.2 Å². The summed E-state index contributed by atoms with van der Waals surface area (Å²) in [5.41, 5.74) is 3.55. The summed E-state index contributed by atoms with van der Waals surface area (Å²) in [7, 11) is -2.54. The van der Waals surface area contributed by atoms with Gasteiger partial charge >= 0.3 is 6.09 Å². The van der Waals surface area contributed by atoms with Crippen molar-refractivity contribution >= 4 is 33.7 Å². The minimum absolute atomic E-state index is 0.115. The molecule has 11 nitrogen and oxygen atoms in total. The van der Waals surface area contributed by atoms with Crippen LogP contribution in [0.2, 0.25) is 51.4 Å². The molecule has 0 aliphatic carbocycles. The molecule has 3 aromatic heterocycles. The van der Waals surface area contributed by atoms with Gasteiger partial charge in [-0.15, -0.1) is 0 Å². The lowest BCUT2D eigenvalue weighted by Gasteiger charge is -2.39. The third-order valence-electron chi connectivity index (χ3n) is 9.34. The van der Waals surface area contributed by atoms with E-state index in [2.05, 4.69) is 55.2 Å². The molecule has 270 valence electrons. The number of carbonyl (C=O) groups is 1. The number of aromatic nitrogens is 4. The number of carbonyl (C=O) groups excluding carboxylic acids is 1. The minimum Gasteiger partial charge on any atom is -0.444 e. The number of rotatable bonds is 14. The van der Waals surface area contributed by atoms with Crippen LogP contribution in [0.15, 0.2) is 30.6 Å². The normalized spacial score (nSPS) is 19.9. The number of fused-ring (bicyclic) bond motifs is 3. The molecule has 1 unspecified atom stereocenters. The largest absolute Gasteiger partial charge is 0.444 e. The molecule has 2 saturated heterocycles. The molecule has 13 heteroatoms. The third-order valence-corrected chi connectivity index (χ3v) is 12.7. The van der Waals surface area contributed by atoms with Gasteiger partial charge in [0.1, 0.15) is 24.9 Å². The molecule has 0 spiro atoms. The van der Waals surface area contributed by atoms with Crippen molar-refractivity contribution in [2.45, 2.75) is 128 Å². The van der Waals surface area contributed by atoms with Crippen molar-refractivity contribution in [2.24, 2.45) is 0 Å². The monoisotopic (exact) mass is 710 g/mol. The highest BCUT2D eigenvalue weighted by Gasteiger charge is 2.45. The van der Waals surface area contributed by atoms with E-state index in [1.54, 1.807) is 6.20 Å². The Morgan fingerprint density at radius 2 is 1.57 bits per heavy atom. The lowest BCUT2D eigenvalue weighted by atomic mass is 9.88. The lowest BCUT2D eigenvalue weighted by molar-refractivity contribution is 0.00569. The van der Waals surface area contributed by atoms with Gasteiger partial charge in [0.25, 0.3) is 0 Å². The summed E-state index contributed by atoms with van der Waals surface area (Å²) in [5, 5.41) is 14.4. The van der Waals surface area contributed by atoms with Crippen LogP contribution >= 0.6 is 0 Å². The highest BCUT2D eigenvalue weighted by atomic mass is 28.3. The van der Waals surface area contributed by atoms with Gasteiger partial charge in [-0.25, -0.2) is 9.78 Å². The first kappa shape index (κ1) is 37.4. The molecular weight excluding hydrogens is 653 g/mol. The number of piperidine rings is 1. The van der Waals surface area contributed by atoms with Crippen LogP contribution in [0.3, 0.4) is 0 Å². The summed E-state index contributed by atoms with van der Waals surface area (Å²) in [4.78, 5) is 27.1. The van der Waals surface area contributed by atoms with E-state index in [0.29, 0.717) is 32.4 Å². The number of aliphatic hydroxyl groups is 1. The van der Waals surface area contributed by atoms with Gasteiger partial charge in [-0.2, -0.15) is 9.61 Å². The highest BCUT2D eigenvalue weighted by Crippen LogP contribution is 2.44. The summed E-state index contributed by atoms with van der Waals surface area (Å²) in [6.07, 6.45) is 7.00. The van der Waals surface area contributed by atoms with Gasteiger partial charge in [-0.3, -0.25) is 4.98 Å². The standard InChI is InChI=1S/C36H58N6O5Si2/c1-36(2,3)47-35(44)41-29-12-13-30(41)19-27(18-29)32-20-33(40(24-45-14-16-48(4,5)6)25-46-15-17-49(7,8)9)42-34(39-32)31(22-38-42)26-10-11-28(23-43)37-21-26/h10-11,20-22,27,29-30,43H,12-19,23-25H2,1-9H3/t27?,29-,30+. The Morgan fingerprint density at radius 1 is 0.959 bits per heavy atom. The molecular formula is C36H58N6O5Si2. The van der Waals surface area contributed by atoms with Crippen molar-refractivity contribution in [2.75, 3.05) is 31.6 Å². The van der Waals surface area contributed by atoms with Crippen LogP contribution in [0.4, 0.5) is 10.6 Å². The number of ether oxygens (including phenoxy) is 3. The molecule has 5 heterocycles. The van der Waals surface area contributed by atoms with Crippen molar-refractivity contribution in [3.8, 4) is 11.1 Å². The molecule has 5 rings (SSSR count). The number of amides is 1. The van der Waals surface area contributed by atoms with E-state index in [1.165, 1.54) is 0 Å². The average Bonchev–Trinajstić information content (AvgIpc) is 3.56. The van der Waals surface area contributed by atoms with E-state index < -0.39 is 21.7 Å². The van der Waals surface area contributed by atoms with Gasteiger partial charge in [0.2, 0.25) is 0 Å². The average molecular weight is 711 g/mol. The molecule has 2 fully saturated rings. The Hall–Kier alpha value is -2.85. The molecule has 3 atom stereocenters. The van der Waals surface area contributed by atoms with Crippen molar-refractivity contribution < 1.29 is 24.1 Å². The molecule has 0 aromatic carbocycles. The summed E-state index contributed by atoms with van der Waals surface area (Å²) < 4.78 is 20.4. The van der Waals surface area contributed by atoms with E-state index in [1.807, 2.05) is 48.5 Å². The maximum atomic E-state index is 13.2. The van der Waals surface area contributed by atoms with Crippen LogP contribution in [0.5, 0.6) is 0 Å². The Bertz CT molecular complexity index is 1530. The molecule has 2 aliphatic heterocycles. The number of hydrogen-bond donors (Lipinski definition) is 1. The van der Waals surface area contributed by atoms with Crippen molar-refractivity contribution in [3.05, 3.63) is 42.0 Å². The van der Waals surface area contributed by atoms with Crippen LogP contribution in [-0.2, 0) is 20.8 Å². The Balaban J connectivity index is 1.51. The van der Waals surface area contributed by atoms with Gasteiger partial charge < -0.3 is 29.1 Å². The first-order valence-electron chi connectivity index (χ1n) is 17.9. The summed E-state index contributed by atoms with van der Waals surface area (Å²) >= 11 is 0. The molecule has 1 amide bonds. The fourth-order valence-corrected chi connectivity index (χ4v) is 8.10. The molecule has 0 radical (unpaired) electrons. The summed E-state index contributed by atoms with van der Waals surface area (Å²) in [5.74, 6) is 1.04. The SMILES string of the molecule is CC(C)(C)OC(=O)N1[C@@H]2CC[C@H]1CC(c1cc(N(COCC[Si](C)(C)C)COCC[Si](C)(C)C)n3ncc(-c4ccc(CO)nc4)c3n1)C2. The highest BCUT2D eigenvalue weighted by molar-refractivity contribution is 6.76. The van der Waals surface area contributed by atoms with E-state index in [9.17, 15) is 9.90 Å². The van der Waals surface area contributed by atoms with E-state index in [4.69, 9.17) is 24.3 Å². The summed E-state index contributed by atoms with van der Waals surface area (Å²) in [6, 6.07) is 8.34. The van der Waals surface area contributed by atoms with Crippen molar-refractivity contribution in [1.82, 2.24) is 24.5 Å². The maximum Gasteiger partial charge on any atom is 0.410 e. The van der Waals surface area contributed by atoms with Gasteiger partial charge in [0.05, 0.1) is 18.5 Å². The van der Waals surface area contributed by atoms with Gasteiger partial charge in [-0.1, -0.05) is 45.3 Å². The van der Waals surface area contributed by atoms with E-state index in [0.717, 1.165) is 66.1 Å². The molecule has 2 aliphatic rings. The second-order valence-corrected chi connectivity index (χ2v) is 28.4. The first-order chi connectivity index (χ1) is 23.0. The molecule has 49 heavy (non-hydrogen) atoms. The third kappa shape index (κ3) is 9.90. The first-order valence-corrected chi connectivity index (χ1v) is 25.3. The number of hydrogen-bond acceptors (Lipinski definition) is 9. The van der Waals surface area contributed by atoms with Gasteiger partial charge in [0.15, 0.2) is 5.65 Å². The zero-order chi connectivity index (χ0) is 35.6. The number of anilines is 1. The number of aliphatic hydroxyl groups excluding tert-OH is 1. The Kier molecular flexibility index (Phi) is 11.6. The predicted molar refractivity (Wildman–Crippen MR) is 199 cm³/mol. The van der Waals surface area contributed by atoms with Crippen LogP contribution in [0.1, 0.15) is 63.8 Å². The quantitative estimate of drug-likeness (QED) is 0.104. The zero-order valence-corrected chi connectivity index (χ0v) is 33.2. The molecule has 0 saturated carbocycles. The van der Waals surface area contributed by atoms with Crippen molar-refractivity contribution in [1.29, 1.82) is 0 Å². The Morgan fingerprint density at radius 3 is 2.08 bits per heavy atom. The molecule has 3 aromatic rings. The van der Waals surface area contributed by atoms with Crippen LogP contribution in [0.25, 0.3) is 16.8 Å². The van der Waals surface area contributed by atoms with Crippen molar-refractivity contribution in [3.63, 3.8) is 0 Å². The van der Waals surface area contributed by atoms with Gasteiger partial charge in [-0.05, 0) is 64.6 Å². The second-order valence-electron chi connectivity index (χ2n) is 17.2. The molecule has 1 N–H and O–H groups in total. The lowest BCUT2D eigenvalue weighted by Crippen LogP contribution is -2.48. The second kappa shape index (κ2) is 15.2. The number of pyridine rings is 1. The summed E-state index contributed by atoms with van der Waals surface area (Å²) in [6.45, 7) is 22.0. The van der Waals surface area contributed by atoms with E-state index >= 15 is 0 Å². The zero-order valence-electron chi connectivity index (χ0n) is 31.2. The van der Waals surface area contributed by atoms with Crippen LogP contribution in [0, 0.1) is 0 Å². The fourth-order valence-electron chi connectivity index (χ4n) is 6.59. The van der Waals surface area contributed by atoms with Crippen LogP contribution < -0.4 is 4.90 Å². The fraction of sp³-hybridized carbons (Fsp3) is 0.667. The Labute approximate surface area is 294 Å². The van der Waals surface area contributed by atoms with Gasteiger partial charge in [0, 0.05) is 76.4 Å². The van der Waals surface area contributed by atoms with E-state index in [-0.39, 0.29) is 30.7 Å². The number of nitrogens with zero attached hydrogens (tertiary/aromatic N) is 6.